The highest BCUT2D eigenvalue weighted by atomic mass is 35.5. The molecule has 0 amide bonds. The van der Waals surface area contributed by atoms with Crippen LogP contribution in [0.1, 0.15) is 37.1 Å². The number of imidazole rings is 1. The summed E-state index contributed by atoms with van der Waals surface area (Å²) in [5, 5.41) is 0.770. The number of aromatic nitrogens is 2. The predicted octanol–water partition coefficient (Wildman–Crippen LogP) is 5.60. The topological polar surface area (TPSA) is 30.3 Å². The van der Waals surface area contributed by atoms with Gasteiger partial charge in [0, 0.05) is 17.6 Å². The number of nitrogens with zero attached hydrogens (tertiary/aromatic N) is 3. The van der Waals surface area contributed by atoms with Gasteiger partial charge >= 0.3 is 0 Å². The molecule has 2 aliphatic rings. The fraction of sp³-hybridized carbons (Fsp3) is 0.458. The van der Waals surface area contributed by atoms with Crippen molar-refractivity contribution in [3.05, 3.63) is 58.4 Å². The molecule has 0 aliphatic carbocycles. The van der Waals surface area contributed by atoms with E-state index in [-0.39, 0.29) is 0 Å². The van der Waals surface area contributed by atoms with Gasteiger partial charge in [0.2, 0.25) is 0 Å². The van der Waals surface area contributed by atoms with Crippen LogP contribution in [0.4, 0.5) is 8.78 Å². The molecule has 164 valence electrons. The van der Waals surface area contributed by atoms with E-state index in [2.05, 4.69) is 15.5 Å². The minimum atomic E-state index is -0.870. The Bertz CT molecular complexity index is 1090. The number of ether oxygens (including phenoxy) is 1. The molecule has 3 aromatic rings. The summed E-state index contributed by atoms with van der Waals surface area (Å²) < 4.78 is 34.3. The van der Waals surface area contributed by atoms with Crippen molar-refractivity contribution in [2.45, 2.75) is 45.2 Å². The van der Waals surface area contributed by atoms with Gasteiger partial charge in [-0.3, -0.25) is 4.90 Å². The lowest BCUT2D eigenvalue weighted by molar-refractivity contribution is 0.153. The molecular weight excluding hydrogens is 420 g/mol. The van der Waals surface area contributed by atoms with E-state index in [1.54, 1.807) is 0 Å². The molecule has 0 radical (unpaired) electrons. The largest absolute Gasteiger partial charge is 0.493 e. The first-order valence-corrected chi connectivity index (χ1v) is 11.4. The molecule has 2 aliphatic heterocycles. The summed E-state index contributed by atoms with van der Waals surface area (Å²) in [5.41, 5.74) is 3.59. The molecule has 0 N–H and O–H groups in total. The zero-order valence-electron chi connectivity index (χ0n) is 17.4. The lowest BCUT2D eigenvalue weighted by atomic mass is 9.94. The van der Waals surface area contributed by atoms with Gasteiger partial charge in [-0.25, -0.2) is 13.8 Å². The Morgan fingerprint density at radius 2 is 1.90 bits per heavy atom. The van der Waals surface area contributed by atoms with Crippen LogP contribution in [0.15, 0.2) is 30.3 Å². The Kier molecular flexibility index (Phi) is 5.85. The number of piperidine rings is 1. The zero-order valence-corrected chi connectivity index (χ0v) is 18.2. The quantitative estimate of drug-likeness (QED) is 0.495. The Hall–Kier alpha value is -2.18. The molecule has 31 heavy (non-hydrogen) atoms. The van der Waals surface area contributed by atoms with Crippen LogP contribution in [-0.4, -0.2) is 34.1 Å². The summed E-state index contributed by atoms with van der Waals surface area (Å²) >= 11 is 6.29. The minimum Gasteiger partial charge on any atom is -0.493 e. The van der Waals surface area contributed by atoms with Gasteiger partial charge < -0.3 is 9.30 Å². The van der Waals surface area contributed by atoms with E-state index in [4.69, 9.17) is 21.3 Å². The third-order valence-corrected chi connectivity index (χ3v) is 6.77. The molecular formula is C24H26ClF2N3O. The normalized spacial score (nSPS) is 17.4. The summed E-state index contributed by atoms with van der Waals surface area (Å²) in [5.74, 6) is 0.392. The molecule has 1 aromatic heterocycles. The van der Waals surface area contributed by atoms with E-state index in [9.17, 15) is 8.78 Å². The molecule has 4 nitrogen and oxygen atoms in total. The van der Waals surface area contributed by atoms with Crippen LogP contribution in [0, 0.1) is 17.6 Å². The number of benzene rings is 2. The van der Waals surface area contributed by atoms with Crippen LogP contribution in [0.2, 0.25) is 5.02 Å². The van der Waals surface area contributed by atoms with Crippen molar-refractivity contribution in [2.24, 2.45) is 5.92 Å². The third kappa shape index (κ3) is 4.41. The van der Waals surface area contributed by atoms with Gasteiger partial charge in [-0.15, -0.1) is 0 Å². The standard InChI is InChI=1S/C24H26ClF2N3O/c25-18-12-17-2-1-8-30-23(28-22(13-18)24(17)30)15-29-9-5-16(6-10-29)7-11-31-19-3-4-20(26)21(27)14-19/h3-4,12-14,16H,1-2,5-11,15H2. The molecule has 0 saturated carbocycles. The van der Waals surface area contributed by atoms with Gasteiger partial charge in [-0.05, 0) is 80.9 Å². The molecule has 0 bridgehead atoms. The van der Waals surface area contributed by atoms with E-state index >= 15 is 0 Å². The van der Waals surface area contributed by atoms with Crippen LogP contribution in [0.3, 0.4) is 0 Å². The molecule has 2 aromatic carbocycles. The first kappa shape index (κ1) is 20.7. The SMILES string of the molecule is Fc1ccc(OCCC2CCN(Cc3nc4cc(Cl)cc5c4n3CCC5)CC2)cc1F. The van der Waals surface area contributed by atoms with Gasteiger partial charge in [-0.2, -0.15) is 0 Å². The smallest absolute Gasteiger partial charge is 0.162 e. The van der Waals surface area contributed by atoms with E-state index < -0.39 is 11.6 Å². The molecule has 0 atom stereocenters. The van der Waals surface area contributed by atoms with Gasteiger partial charge in [-0.1, -0.05) is 11.6 Å². The first-order chi connectivity index (χ1) is 15.1. The predicted molar refractivity (Wildman–Crippen MR) is 118 cm³/mol. The summed E-state index contributed by atoms with van der Waals surface area (Å²) in [7, 11) is 0. The highest BCUT2D eigenvalue weighted by Crippen LogP contribution is 2.31. The van der Waals surface area contributed by atoms with Crippen LogP contribution >= 0.6 is 11.6 Å². The maximum atomic E-state index is 13.3. The number of hydrogen-bond donors (Lipinski definition) is 0. The molecule has 0 unspecified atom stereocenters. The zero-order chi connectivity index (χ0) is 21.4. The van der Waals surface area contributed by atoms with Gasteiger partial charge in [0.05, 0.1) is 24.2 Å². The van der Waals surface area contributed by atoms with E-state index in [1.165, 1.54) is 17.1 Å². The van der Waals surface area contributed by atoms with Crippen LogP contribution < -0.4 is 4.74 Å². The Labute approximate surface area is 185 Å². The van der Waals surface area contributed by atoms with Crippen LogP contribution in [0.25, 0.3) is 11.0 Å². The average Bonchev–Trinajstić information content (AvgIpc) is 3.10. The number of hydrogen-bond acceptors (Lipinski definition) is 3. The van der Waals surface area contributed by atoms with Crippen molar-refractivity contribution in [1.29, 1.82) is 0 Å². The first-order valence-electron chi connectivity index (χ1n) is 11.0. The van der Waals surface area contributed by atoms with Crippen molar-refractivity contribution >= 4 is 22.6 Å². The molecule has 0 spiro atoms. The van der Waals surface area contributed by atoms with Crippen LogP contribution in [0.5, 0.6) is 5.75 Å². The van der Waals surface area contributed by atoms with Crippen molar-refractivity contribution in [3.8, 4) is 5.75 Å². The van der Waals surface area contributed by atoms with Gasteiger partial charge in [0.25, 0.3) is 0 Å². The summed E-state index contributed by atoms with van der Waals surface area (Å²) in [4.78, 5) is 7.39. The molecule has 7 heteroatoms. The van der Waals surface area contributed by atoms with Gasteiger partial charge in [0.1, 0.15) is 11.6 Å². The van der Waals surface area contributed by atoms with Crippen molar-refractivity contribution in [3.63, 3.8) is 0 Å². The molecule has 5 rings (SSSR count). The second-order valence-corrected chi connectivity index (χ2v) is 9.08. The summed E-state index contributed by atoms with van der Waals surface area (Å²) in [6.07, 6.45) is 5.34. The average molecular weight is 446 g/mol. The number of aryl methyl sites for hydroxylation is 2. The Balaban J connectivity index is 1.15. The molecule has 3 heterocycles. The number of likely N-dealkylation sites (tertiary alicyclic amines) is 1. The summed E-state index contributed by atoms with van der Waals surface area (Å²) in [6.45, 7) is 4.48. The van der Waals surface area contributed by atoms with Crippen molar-refractivity contribution < 1.29 is 13.5 Å². The number of halogens is 3. The second kappa shape index (κ2) is 8.75. The minimum absolute atomic E-state index is 0.385. The lowest BCUT2D eigenvalue weighted by Gasteiger charge is -2.32. The fourth-order valence-corrected chi connectivity index (χ4v) is 5.12. The van der Waals surface area contributed by atoms with Crippen molar-refractivity contribution in [1.82, 2.24) is 14.5 Å². The van der Waals surface area contributed by atoms with Crippen LogP contribution in [-0.2, 0) is 19.5 Å². The van der Waals surface area contributed by atoms with E-state index in [0.717, 1.165) is 86.8 Å². The lowest BCUT2D eigenvalue weighted by Crippen LogP contribution is -2.34. The maximum Gasteiger partial charge on any atom is 0.162 e. The monoisotopic (exact) mass is 445 g/mol. The third-order valence-electron chi connectivity index (χ3n) is 6.55. The van der Waals surface area contributed by atoms with Gasteiger partial charge in [0.15, 0.2) is 11.6 Å². The number of rotatable bonds is 6. The highest BCUT2D eigenvalue weighted by molar-refractivity contribution is 6.31. The molecule has 1 saturated heterocycles. The maximum absolute atomic E-state index is 13.3. The second-order valence-electron chi connectivity index (χ2n) is 8.65. The Morgan fingerprint density at radius 3 is 2.71 bits per heavy atom. The summed E-state index contributed by atoms with van der Waals surface area (Å²) in [6, 6.07) is 7.74. The van der Waals surface area contributed by atoms with E-state index in [0.29, 0.717) is 18.3 Å². The Morgan fingerprint density at radius 1 is 1.06 bits per heavy atom. The fourth-order valence-electron chi connectivity index (χ4n) is 4.89. The highest BCUT2D eigenvalue weighted by Gasteiger charge is 2.23. The van der Waals surface area contributed by atoms with Crippen molar-refractivity contribution in [2.75, 3.05) is 19.7 Å². The van der Waals surface area contributed by atoms with E-state index in [1.807, 2.05) is 6.07 Å². The molecule has 1 fully saturated rings.